The molecule has 0 unspecified atom stereocenters. The Bertz CT molecular complexity index is 602. The first kappa shape index (κ1) is 13.3. The summed E-state index contributed by atoms with van der Waals surface area (Å²) in [6, 6.07) is 4.85. The van der Waals surface area contributed by atoms with Gasteiger partial charge in [-0.15, -0.1) is 0 Å². The summed E-state index contributed by atoms with van der Waals surface area (Å²) in [6.45, 7) is 1.83. The van der Waals surface area contributed by atoms with Crippen molar-refractivity contribution in [3.8, 4) is 11.3 Å². The van der Waals surface area contributed by atoms with E-state index in [2.05, 4.69) is 4.98 Å². The van der Waals surface area contributed by atoms with Gasteiger partial charge >= 0.3 is 6.18 Å². The first-order chi connectivity index (χ1) is 8.84. The maximum absolute atomic E-state index is 12.7. The van der Waals surface area contributed by atoms with Crippen LogP contribution in [0, 0.1) is 0 Å². The number of hydrogen-bond acceptors (Lipinski definition) is 3. The highest BCUT2D eigenvalue weighted by atomic mass is 19.4. The van der Waals surface area contributed by atoms with Gasteiger partial charge in [-0.1, -0.05) is 19.1 Å². The molecule has 0 spiro atoms. The van der Waals surface area contributed by atoms with Gasteiger partial charge in [-0.3, -0.25) is 0 Å². The van der Waals surface area contributed by atoms with Crippen molar-refractivity contribution < 1.29 is 13.2 Å². The largest absolute Gasteiger partial charge is 0.416 e. The Morgan fingerprint density at radius 2 is 2.00 bits per heavy atom. The summed E-state index contributed by atoms with van der Waals surface area (Å²) in [7, 11) is 0. The van der Waals surface area contributed by atoms with E-state index in [-0.39, 0.29) is 11.5 Å². The van der Waals surface area contributed by atoms with Crippen LogP contribution in [0.1, 0.15) is 18.3 Å². The van der Waals surface area contributed by atoms with Gasteiger partial charge < -0.3 is 11.6 Å². The standard InChI is InChI=1S/C12H13F3N4/c1-2-9-18-10(11(16)19(9)17)7-4-3-5-8(6-7)12(13,14)15/h3-6H,2,16-17H2,1H3. The maximum Gasteiger partial charge on any atom is 0.416 e. The fourth-order valence-electron chi connectivity index (χ4n) is 1.80. The second-order valence-corrected chi connectivity index (χ2v) is 4.06. The van der Waals surface area contributed by atoms with Gasteiger partial charge in [0, 0.05) is 12.0 Å². The molecule has 0 aliphatic rings. The van der Waals surface area contributed by atoms with Crippen molar-refractivity contribution in [3.05, 3.63) is 35.7 Å². The van der Waals surface area contributed by atoms with Gasteiger partial charge in [-0.05, 0) is 12.1 Å². The van der Waals surface area contributed by atoms with Crippen LogP contribution < -0.4 is 11.6 Å². The van der Waals surface area contributed by atoms with Gasteiger partial charge in [0.05, 0.1) is 5.56 Å². The Morgan fingerprint density at radius 3 is 2.53 bits per heavy atom. The first-order valence-corrected chi connectivity index (χ1v) is 5.64. The lowest BCUT2D eigenvalue weighted by Crippen LogP contribution is -2.14. The second kappa shape index (κ2) is 4.49. The van der Waals surface area contributed by atoms with Crippen molar-refractivity contribution in [1.82, 2.24) is 9.66 Å². The molecule has 2 rings (SSSR count). The molecule has 19 heavy (non-hydrogen) atoms. The van der Waals surface area contributed by atoms with E-state index in [1.54, 1.807) is 0 Å². The number of aryl methyl sites for hydroxylation is 1. The molecular weight excluding hydrogens is 257 g/mol. The van der Waals surface area contributed by atoms with Crippen molar-refractivity contribution in [3.63, 3.8) is 0 Å². The zero-order valence-corrected chi connectivity index (χ0v) is 10.2. The Labute approximate surface area is 107 Å². The van der Waals surface area contributed by atoms with Crippen LogP contribution in [0.4, 0.5) is 19.0 Å². The molecule has 4 nitrogen and oxygen atoms in total. The number of nitrogen functional groups attached to an aromatic ring is 2. The highest BCUT2D eigenvalue weighted by Gasteiger charge is 2.30. The summed E-state index contributed by atoms with van der Waals surface area (Å²) in [5, 5.41) is 0. The topological polar surface area (TPSA) is 69.9 Å². The fourth-order valence-corrected chi connectivity index (χ4v) is 1.80. The predicted molar refractivity (Wildman–Crippen MR) is 66.6 cm³/mol. The highest BCUT2D eigenvalue weighted by molar-refractivity contribution is 5.71. The molecule has 7 heteroatoms. The van der Waals surface area contributed by atoms with Gasteiger partial charge in [-0.2, -0.15) is 13.2 Å². The van der Waals surface area contributed by atoms with Gasteiger partial charge in [-0.25, -0.2) is 9.66 Å². The van der Waals surface area contributed by atoms with E-state index in [1.165, 1.54) is 16.8 Å². The van der Waals surface area contributed by atoms with Crippen molar-refractivity contribution in [2.75, 3.05) is 11.6 Å². The molecule has 4 N–H and O–H groups in total. The van der Waals surface area contributed by atoms with E-state index in [0.29, 0.717) is 17.8 Å². The molecule has 0 radical (unpaired) electrons. The number of imidazole rings is 1. The number of rotatable bonds is 2. The number of nitrogens with two attached hydrogens (primary N) is 2. The monoisotopic (exact) mass is 270 g/mol. The van der Waals surface area contributed by atoms with Crippen LogP contribution in [0.25, 0.3) is 11.3 Å². The van der Waals surface area contributed by atoms with Crippen LogP contribution in [0.3, 0.4) is 0 Å². The minimum atomic E-state index is -4.40. The number of alkyl halides is 3. The lowest BCUT2D eigenvalue weighted by molar-refractivity contribution is -0.137. The molecule has 0 saturated carbocycles. The van der Waals surface area contributed by atoms with E-state index in [1.807, 2.05) is 6.92 Å². The van der Waals surface area contributed by atoms with Crippen molar-refractivity contribution in [1.29, 1.82) is 0 Å². The van der Waals surface area contributed by atoms with E-state index in [0.717, 1.165) is 12.1 Å². The molecule has 0 bridgehead atoms. The molecule has 0 atom stereocenters. The molecule has 0 fully saturated rings. The maximum atomic E-state index is 12.7. The average Bonchev–Trinajstić information content (AvgIpc) is 2.65. The minimum absolute atomic E-state index is 0.149. The van der Waals surface area contributed by atoms with Gasteiger partial charge in [0.2, 0.25) is 0 Å². The average molecular weight is 270 g/mol. The lowest BCUT2D eigenvalue weighted by Gasteiger charge is -2.08. The molecule has 0 aliphatic heterocycles. The fraction of sp³-hybridized carbons (Fsp3) is 0.250. The van der Waals surface area contributed by atoms with E-state index in [4.69, 9.17) is 11.6 Å². The smallest absolute Gasteiger partial charge is 0.382 e. The lowest BCUT2D eigenvalue weighted by atomic mass is 10.1. The predicted octanol–water partition coefficient (Wildman–Crippen LogP) is 2.43. The normalized spacial score (nSPS) is 11.8. The molecule has 102 valence electrons. The third kappa shape index (κ3) is 2.35. The molecule has 1 heterocycles. The number of hydrogen-bond donors (Lipinski definition) is 2. The molecule has 2 aromatic rings. The summed E-state index contributed by atoms with van der Waals surface area (Å²) >= 11 is 0. The third-order valence-corrected chi connectivity index (χ3v) is 2.80. The SMILES string of the molecule is CCc1nc(-c2cccc(C(F)(F)F)c2)c(N)n1N. The van der Waals surface area contributed by atoms with E-state index < -0.39 is 11.7 Å². The Morgan fingerprint density at radius 1 is 1.32 bits per heavy atom. The number of halogens is 3. The Balaban J connectivity index is 2.54. The number of benzene rings is 1. The van der Waals surface area contributed by atoms with E-state index in [9.17, 15) is 13.2 Å². The number of anilines is 1. The van der Waals surface area contributed by atoms with Crippen LogP contribution >= 0.6 is 0 Å². The van der Waals surface area contributed by atoms with Crippen LogP contribution in [0.15, 0.2) is 24.3 Å². The second-order valence-electron chi connectivity index (χ2n) is 4.06. The quantitative estimate of drug-likeness (QED) is 0.823. The van der Waals surface area contributed by atoms with Gasteiger partial charge in [0.1, 0.15) is 11.5 Å². The summed E-state index contributed by atoms with van der Waals surface area (Å²) in [6.07, 6.45) is -3.86. The highest BCUT2D eigenvalue weighted by Crippen LogP contribution is 2.33. The van der Waals surface area contributed by atoms with Crippen LogP contribution in [-0.4, -0.2) is 9.66 Å². The minimum Gasteiger partial charge on any atom is -0.382 e. The van der Waals surface area contributed by atoms with Gasteiger partial charge in [0.25, 0.3) is 0 Å². The molecule has 0 amide bonds. The molecular formula is C12H13F3N4. The molecule has 0 aliphatic carbocycles. The number of aromatic nitrogens is 2. The Hall–Kier alpha value is -2.18. The van der Waals surface area contributed by atoms with Crippen molar-refractivity contribution in [2.45, 2.75) is 19.5 Å². The molecule has 0 saturated heterocycles. The molecule has 1 aromatic carbocycles. The van der Waals surface area contributed by atoms with E-state index >= 15 is 0 Å². The van der Waals surface area contributed by atoms with Crippen molar-refractivity contribution >= 4 is 5.82 Å². The van der Waals surface area contributed by atoms with Gasteiger partial charge in [0.15, 0.2) is 5.82 Å². The summed E-state index contributed by atoms with van der Waals surface area (Å²) in [4.78, 5) is 4.17. The summed E-state index contributed by atoms with van der Waals surface area (Å²) in [5.41, 5.74) is 5.59. The zero-order chi connectivity index (χ0) is 14.2. The van der Waals surface area contributed by atoms with Crippen LogP contribution in [0.5, 0.6) is 0 Å². The van der Waals surface area contributed by atoms with Crippen LogP contribution in [-0.2, 0) is 12.6 Å². The zero-order valence-electron chi connectivity index (χ0n) is 10.2. The summed E-state index contributed by atoms with van der Waals surface area (Å²) in [5.74, 6) is 6.35. The Kier molecular flexibility index (Phi) is 3.13. The summed E-state index contributed by atoms with van der Waals surface area (Å²) < 4.78 is 39.1. The number of nitrogens with zero attached hydrogens (tertiary/aromatic N) is 2. The van der Waals surface area contributed by atoms with Crippen molar-refractivity contribution in [2.24, 2.45) is 0 Å². The first-order valence-electron chi connectivity index (χ1n) is 5.64. The van der Waals surface area contributed by atoms with Crippen LogP contribution in [0.2, 0.25) is 0 Å². The molecule has 1 aromatic heterocycles. The third-order valence-electron chi connectivity index (χ3n) is 2.80.